The molecule has 0 fully saturated rings. The van der Waals surface area contributed by atoms with E-state index in [1.54, 1.807) is 0 Å². The highest BCUT2D eigenvalue weighted by Gasteiger charge is 2.01. The predicted molar refractivity (Wildman–Crippen MR) is 83.2 cm³/mol. The number of hydrogen-bond donors (Lipinski definition) is 0. The quantitative estimate of drug-likeness (QED) is 0.443. The lowest BCUT2D eigenvalue weighted by atomic mass is 10.0. The van der Waals surface area contributed by atoms with Gasteiger partial charge in [0.1, 0.15) is 0 Å². The number of nitrogens with zero attached hydrogens (tertiary/aromatic N) is 2. The summed E-state index contributed by atoms with van der Waals surface area (Å²) < 4.78 is 0. The average Bonchev–Trinajstić information content (AvgIpc) is 2.46. The molecule has 2 heteroatoms. The van der Waals surface area contributed by atoms with E-state index in [0.29, 0.717) is 5.92 Å². The Labute approximate surface area is 117 Å². The van der Waals surface area contributed by atoms with Gasteiger partial charge in [-0.05, 0) is 12.0 Å². The van der Waals surface area contributed by atoms with Crippen molar-refractivity contribution >= 4 is 6.01 Å². The Balaban J connectivity index is 2.15. The number of benzene rings is 1. The molecule has 104 valence electrons. The van der Waals surface area contributed by atoms with Gasteiger partial charge in [0.25, 0.3) is 0 Å². The van der Waals surface area contributed by atoms with Gasteiger partial charge < -0.3 is 0 Å². The van der Waals surface area contributed by atoms with Gasteiger partial charge in [-0.2, -0.15) is 0 Å². The van der Waals surface area contributed by atoms with E-state index in [0.717, 1.165) is 19.5 Å². The fourth-order valence-corrected chi connectivity index (χ4v) is 1.96. The molecule has 0 aliphatic rings. The summed E-state index contributed by atoms with van der Waals surface area (Å²) in [5.74, 6) is 0.438. The van der Waals surface area contributed by atoms with E-state index in [2.05, 4.69) is 54.1 Å². The third-order valence-electron chi connectivity index (χ3n) is 3.25. The molecule has 0 aromatic heterocycles. The predicted octanol–water partition coefficient (Wildman–Crippen LogP) is 4.93. The van der Waals surface area contributed by atoms with E-state index >= 15 is 0 Å². The van der Waals surface area contributed by atoms with Crippen molar-refractivity contribution in [2.75, 3.05) is 13.1 Å². The van der Waals surface area contributed by atoms with Gasteiger partial charge in [0.05, 0.1) is 12.6 Å². The molecule has 0 spiro atoms. The van der Waals surface area contributed by atoms with Crippen molar-refractivity contribution < 1.29 is 0 Å². The van der Waals surface area contributed by atoms with Crippen LogP contribution in [0.4, 0.5) is 0 Å². The van der Waals surface area contributed by atoms with Crippen LogP contribution in [0, 0.1) is 0 Å². The molecule has 1 aromatic carbocycles. The zero-order valence-corrected chi connectivity index (χ0v) is 12.3. The van der Waals surface area contributed by atoms with Crippen LogP contribution in [0.1, 0.15) is 57.4 Å². The summed E-state index contributed by atoms with van der Waals surface area (Å²) in [6, 6.07) is 13.3. The van der Waals surface area contributed by atoms with Gasteiger partial charge >= 0.3 is 0 Å². The Hall–Kier alpha value is -1.40. The first-order chi connectivity index (χ1) is 9.34. The van der Waals surface area contributed by atoms with Crippen LogP contribution < -0.4 is 0 Å². The summed E-state index contributed by atoms with van der Waals surface area (Å²) in [6.07, 6.45) is 6.40. The Bertz CT molecular complexity index is 378. The van der Waals surface area contributed by atoms with Crippen molar-refractivity contribution in [1.82, 2.24) is 0 Å². The summed E-state index contributed by atoms with van der Waals surface area (Å²) in [5.41, 5.74) is 1.33. The molecule has 0 radical (unpaired) electrons. The SMILES string of the molecule is CCCCCCCN=C=NCC(C)c1ccccc1. The molecule has 0 bridgehead atoms. The fourth-order valence-electron chi connectivity index (χ4n) is 1.96. The van der Waals surface area contributed by atoms with Gasteiger partial charge in [-0.1, -0.05) is 69.9 Å². The molecule has 2 nitrogen and oxygen atoms in total. The molecule has 0 amide bonds. The van der Waals surface area contributed by atoms with Crippen molar-refractivity contribution in [2.24, 2.45) is 9.98 Å². The number of aliphatic imine (C=N–C) groups is 2. The van der Waals surface area contributed by atoms with Crippen molar-refractivity contribution in [3.8, 4) is 0 Å². The highest BCUT2D eigenvalue weighted by atomic mass is 14.8. The maximum atomic E-state index is 4.26. The van der Waals surface area contributed by atoms with Crippen LogP contribution in [0.25, 0.3) is 0 Å². The summed E-state index contributed by atoms with van der Waals surface area (Å²) in [5, 5.41) is 0. The monoisotopic (exact) mass is 258 g/mol. The van der Waals surface area contributed by atoms with Crippen molar-refractivity contribution in [2.45, 2.75) is 51.9 Å². The molecule has 19 heavy (non-hydrogen) atoms. The minimum Gasteiger partial charge on any atom is -0.226 e. The van der Waals surface area contributed by atoms with E-state index < -0.39 is 0 Å². The van der Waals surface area contributed by atoms with Gasteiger partial charge in [-0.15, -0.1) is 0 Å². The summed E-state index contributed by atoms with van der Waals surface area (Å²) in [6.45, 7) is 6.06. The highest BCUT2D eigenvalue weighted by molar-refractivity contribution is 5.41. The molecule has 1 atom stereocenters. The largest absolute Gasteiger partial charge is 0.226 e. The van der Waals surface area contributed by atoms with Gasteiger partial charge in [0.2, 0.25) is 0 Å². The Kier molecular flexibility index (Phi) is 8.67. The summed E-state index contributed by atoms with van der Waals surface area (Å²) in [4.78, 5) is 8.48. The number of unbranched alkanes of at least 4 members (excludes halogenated alkanes) is 4. The summed E-state index contributed by atoms with van der Waals surface area (Å²) >= 11 is 0. The minimum absolute atomic E-state index is 0.438. The van der Waals surface area contributed by atoms with Crippen LogP contribution in [0.3, 0.4) is 0 Å². The van der Waals surface area contributed by atoms with Crippen LogP contribution in [0.15, 0.2) is 40.3 Å². The van der Waals surface area contributed by atoms with Crippen LogP contribution in [-0.4, -0.2) is 19.1 Å². The standard InChI is InChI=1S/C17H26N2/c1-3-4-5-6-10-13-18-15-19-14-16(2)17-11-8-7-9-12-17/h7-9,11-12,16H,3-6,10,13-14H2,1-2H3. The lowest BCUT2D eigenvalue weighted by Gasteiger charge is -2.06. The van der Waals surface area contributed by atoms with E-state index in [4.69, 9.17) is 0 Å². The molecule has 0 heterocycles. The van der Waals surface area contributed by atoms with E-state index in [1.807, 2.05) is 6.07 Å². The zero-order chi connectivity index (χ0) is 13.8. The Morgan fingerprint density at radius 2 is 1.74 bits per heavy atom. The molecular formula is C17H26N2. The van der Waals surface area contributed by atoms with Gasteiger partial charge in [-0.3, -0.25) is 0 Å². The highest BCUT2D eigenvalue weighted by Crippen LogP contribution is 2.13. The molecule has 0 aliphatic carbocycles. The first-order valence-electron chi connectivity index (χ1n) is 7.47. The topological polar surface area (TPSA) is 24.7 Å². The van der Waals surface area contributed by atoms with E-state index in [1.165, 1.54) is 31.2 Å². The molecule has 0 saturated heterocycles. The lowest BCUT2D eigenvalue weighted by Crippen LogP contribution is -1.96. The van der Waals surface area contributed by atoms with Gasteiger partial charge in [-0.25, -0.2) is 9.98 Å². The van der Waals surface area contributed by atoms with Crippen LogP contribution in [0.5, 0.6) is 0 Å². The molecule has 1 unspecified atom stereocenters. The molecule has 0 aliphatic heterocycles. The minimum atomic E-state index is 0.438. The maximum Gasteiger partial charge on any atom is 0.0892 e. The zero-order valence-electron chi connectivity index (χ0n) is 12.3. The normalized spacial score (nSPS) is 11.7. The lowest BCUT2D eigenvalue weighted by molar-refractivity contribution is 0.639. The van der Waals surface area contributed by atoms with E-state index in [-0.39, 0.29) is 0 Å². The van der Waals surface area contributed by atoms with Gasteiger partial charge in [0.15, 0.2) is 0 Å². The number of rotatable bonds is 9. The van der Waals surface area contributed by atoms with E-state index in [9.17, 15) is 0 Å². The molecular weight excluding hydrogens is 232 g/mol. The Morgan fingerprint density at radius 3 is 2.47 bits per heavy atom. The summed E-state index contributed by atoms with van der Waals surface area (Å²) in [7, 11) is 0. The third-order valence-corrected chi connectivity index (χ3v) is 3.25. The van der Waals surface area contributed by atoms with Crippen LogP contribution >= 0.6 is 0 Å². The first-order valence-corrected chi connectivity index (χ1v) is 7.47. The maximum absolute atomic E-state index is 4.26. The second-order valence-electron chi connectivity index (χ2n) is 5.05. The smallest absolute Gasteiger partial charge is 0.0892 e. The second kappa shape index (κ2) is 10.5. The Morgan fingerprint density at radius 1 is 1.00 bits per heavy atom. The molecule has 1 aromatic rings. The third kappa shape index (κ3) is 7.58. The van der Waals surface area contributed by atoms with Crippen LogP contribution in [-0.2, 0) is 0 Å². The average molecular weight is 258 g/mol. The molecule has 0 saturated carbocycles. The number of hydrogen-bond acceptors (Lipinski definition) is 2. The van der Waals surface area contributed by atoms with Gasteiger partial charge in [0, 0.05) is 12.5 Å². The van der Waals surface area contributed by atoms with Crippen molar-refractivity contribution in [1.29, 1.82) is 0 Å². The van der Waals surface area contributed by atoms with Crippen LogP contribution in [0.2, 0.25) is 0 Å². The first kappa shape index (κ1) is 15.7. The van der Waals surface area contributed by atoms with Crippen molar-refractivity contribution in [3.05, 3.63) is 35.9 Å². The second-order valence-corrected chi connectivity index (χ2v) is 5.05. The van der Waals surface area contributed by atoms with Crippen molar-refractivity contribution in [3.63, 3.8) is 0 Å². The fraction of sp³-hybridized carbons (Fsp3) is 0.588. The molecule has 1 rings (SSSR count). The molecule has 0 N–H and O–H groups in total.